The second-order valence-electron chi connectivity index (χ2n) is 5.18. The quantitative estimate of drug-likeness (QED) is 0.847. The van der Waals surface area contributed by atoms with Gasteiger partial charge < -0.3 is 24.2 Å². The molecule has 0 aromatic heterocycles. The summed E-state index contributed by atoms with van der Waals surface area (Å²) < 4.78 is 16.5. The third-order valence-corrected chi connectivity index (χ3v) is 4.09. The lowest BCUT2D eigenvalue weighted by atomic mass is 10.1. The molecule has 2 heterocycles. The van der Waals surface area contributed by atoms with E-state index >= 15 is 0 Å². The summed E-state index contributed by atoms with van der Waals surface area (Å²) in [6.07, 6.45) is -1.35. The van der Waals surface area contributed by atoms with E-state index in [1.807, 2.05) is 0 Å². The summed E-state index contributed by atoms with van der Waals surface area (Å²) in [5, 5.41) is 9.09. The lowest BCUT2D eigenvalue weighted by molar-refractivity contribution is -0.160. The Morgan fingerprint density at radius 1 is 1.32 bits per heavy atom. The van der Waals surface area contributed by atoms with E-state index in [0.29, 0.717) is 28.1 Å². The summed E-state index contributed by atoms with van der Waals surface area (Å²) in [5.74, 6) is -0.277. The number of halogens is 1. The molecule has 2 aliphatic heterocycles. The number of morpholine rings is 1. The van der Waals surface area contributed by atoms with E-state index in [1.54, 1.807) is 19.1 Å². The fourth-order valence-corrected chi connectivity index (χ4v) is 3.08. The Kier molecular flexibility index (Phi) is 3.96. The fraction of sp³-hybridized carbons (Fsp3) is 0.429. The van der Waals surface area contributed by atoms with Crippen LogP contribution in [0.5, 0.6) is 11.5 Å². The molecular formula is C14H14BrNO6. The summed E-state index contributed by atoms with van der Waals surface area (Å²) in [7, 11) is 0. The number of carboxylic acid groups (broad SMARTS) is 1. The first kappa shape index (κ1) is 15.1. The van der Waals surface area contributed by atoms with Gasteiger partial charge >= 0.3 is 5.97 Å². The first-order valence-electron chi connectivity index (χ1n) is 6.72. The molecule has 3 rings (SSSR count). The first-order valence-corrected chi connectivity index (χ1v) is 7.51. The van der Waals surface area contributed by atoms with Crippen LogP contribution in [0.25, 0.3) is 0 Å². The summed E-state index contributed by atoms with van der Waals surface area (Å²) in [5.41, 5.74) is 0.411. The lowest BCUT2D eigenvalue weighted by Gasteiger charge is -2.35. The Hall–Kier alpha value is -1.80. The van der Waals surface area contributed by atoms with Crippen LogP contribution in [0.4, 0.5) is 0 Å². The minimum atomic E-state index is -1.07. The van der Waals surface area contributed by atoms with E-state index in [1.165, 1.54) is 4.90 Å². The SMILES string of the molecule is C[C@@H]1CN(C(=O)c2cc(Br)c3c(c2)OCO3)CC(C(=O)O)O1. The molecule has 1 aromatic rings. The van der Waals surface area contributed by atoms with Crippen LogP contribution in [0, 0.1) is 0 Å². The standard InChI is InChI=1S/C14H14BrNO6/c1-7-4-16(5-11(22-7)14(18)19)13(17)8-2-9(15)12-10(3-8)20-6-21-12/h2-3,7,11H,4-6H2,1H3,(H,18,19)/t7-,11?/m1/s1. The molecule has 0 bridgehead atoms. The molecule has 0 spiro atoms. The van der Waals surface area contributed by atoms with Gasteiger partial charge in [0.2, 0.25) is 6.79 Å². The van der Waals surface area contributed by atoms with E-state index in [9.17, 15) is 9.59 Å². The van der Waals surface area contributed by atoms with Gasteiger partial charge in [0.25, 0.3) is 5.91 Å². The van der Waals surface area contributed by atoms with Crippen molar-refractivity contribution in [3.63, 3.8) is 0 Å². The van der Waals surface area contributed by atoms with Crippen LogP contribution in [-0.2, 0) is 9.53 Å². The summed E-state index contributed by atoms with van der Waals surface area (Å²) in [6.45, 7) is 2.21. The van der Waals surface area contributed by atoms with Gasteiger partial charge in [-0.15, -0.1) is 0 Å². The number of carbonyl (C=O) groups is 2. The normalized spacial score (nSPS) is 23.5. The number of rotatable bonds is 2. The van der Waals surface area contributed by atoms with Crippen LogP contribution in [0.2, 0.25) is 0 Å². The number of ether oxygens (including phenoxy) is 3. The highest BCUT2D eigenvalue weighted by molar-refractivity contribution is 9.10. The van der Waals surface area contributed by atoms with Crippen molar-refractivity contribution in [1.29, 1.82) is 0 Å². The average Bonchev–Trinajstić information content (AvgIpc) is 2.94. The molecule has 22 heavy (non-hydrogen) atoms. The maximum atomic E-state index is 12.6. The van der Waals surface area contributed by atoms with Crippen molar-refractivity contribution >= 4 is 27.8 Å². The average molecular weight is 372 g/mol. The van der Waals surface area contributed by atoms with Crippen molar-refractivity contribution < 1.29 is 28.9 Å². The number of aliphatic carboxylic acids is 1. The van der Waals surface area contributed by atoms with E-state index < -0.39 is 12.1 Å². The zero-order valence-corrected chi connectivity index (χ0v) is 13.3. The molecule has 1 unspecified atom stereocenters. The highest BCUT2D eigenvalue weighted by Gasteiger charge is 2.33. The topological polar surface area (TPSA) is 85.3 Å². The summed E-state index contributed by atoms with van der Waals surface area (Å²) in [6, 6.07) is 3.25. The number of hydrogen-bond donors (Lipinski definition) is 1. The van der Waals surface area contributed by atoms with E-state index in [2.05, 4.69) is 15.9 Å². The van der Waals surface area contributed by atoms with Gasteiger partial charge in [0.05, 0.1) is 17.1 Å². The number of amides is 1. The Balaban J connectivity index is 1.84. The molecule has 0 aliphatic carbocycles. The number of fused-ring (bicyclic) bond motifs is 1. The summed E-state index contributed by atoms with van der Waals surface area (Å²) >= 11 is 3.34. The van der Waals surface area contributed by atoms with Gasteiger partial charge in [-0.2, -0.15) is 0 Å². The van der Waals surface area contributed by atoms with E-state index in [4.69, 9.17) is 19.3 Å². The maximum Gasteiger partial charge on any atom is 0.334 e. The predicted octanol–water partition coefficient (Wildman–Crippen LogP) is 1.49. The van der Waals surface area contributed by atoms with E-state index in [0.717, 1.165) is 0 Å². The number of hydrogen-bond acceptors (Lipinski definition) is 5. The van der Waals surface area contributed by atoms with Gasteiger partial charge in [0.15, 0.2) is 17.6 Å². The first-order chi connectivity index (χ1) is 10.5. The molecule has 0 radical (unpaired) electrons. The van der Waals surface area contributed by atoms with Crippen LogP contribution < -0.4 is 9.47 Å². The van der Waals surface area contributed by atoms with E-state index in [-0.39, 0.29) is 25.3 Å². The molecule has 2 aliphatic rings. The van der Waals surface area contributed by atoms with Crippen LogP contribution in [-0.4, -0.2) is 54.0 Å². The maximum absolute atomic E-state index is 12.6. The third-order valence-electron chi connectivity index (χ3n) is 3.50. The predicted molar refractivity (Wildman–Crippen MR) is 78.1 cm³/mol. The highest BCUT2D eigenvalue weighted by Crippen LogP contribution is 2.40. The second kappa shape index (κ2) is 5.77. The van der Waals surface area contributed by atoms with Crippen molar-refractivity contribution in [2.24, 2.45) is 0 Å². The lowest BCUT2D eigenvalue weighted by Crippen LogP contribution is -2.51. The van der Waals surface area contributed by atoms with Gasteiger partial charge in [-0.25, -0.2) is 4.79 Å². The molecular weight excluding hydrogens is 358 g/mol. The fourth-order valence-electron chi connectivity index (χ4n) is 2.53. The zero-order chi connectivity index (χ0) is 15.9. The van der Waals surface area contributed by atoms with Crippen LogP contribution in [0.1, 0.15) is 17.3 Å². The zero-order valence-electron chi connectivity index (χ0n) is 11.7. The molecule has 1 saturated heterocycles. The number of nitrogens with zero attached hydrogens (tertiary/aromatic N) is 1. The molecule has 1 aromatic carbocycles. The summed E-state index contributed by atoms with van der Waals surface area (Å²) in [4.78, 5) is 25.2. The van der Waals surface area contributed by atoms with Crippen molar-refractivity contribution in [2.75, 3.05) is 19.9 Å². The van der Waals surface area contributed by atoms with Crippen molar-refractivity contribution in [3.05, 3.63) is 22.2 Å². The molecule has 1 amide bonds. The van der Waals surface area contributed by atoms with Gasteiger partial charge in [-0.3, -0.25) is 4.79 Å². The molecule has 8 heteroatoms. The number of carbonyl (C=O) groups excluding carboxylic acids is 1. The number of benzene rings is 1. The highest BCUT2D eigenvalue weighted by atomic mass is 79.9. The van der Waals surface area contributed by atoms with Crippen molar-refractivity contribution in [1.82, 2.24) is 4.90 Å². The Labute approximate surface area is 134 Å². The molecule has 2 atom stereocenters. The van der Waals surface area contributed by atoms with Gasteiger partial charge in [-0.05, 0) is 35.0 Å². The minimum Gasteiger partial charge on any atom is -0.479 e. The largest absolute Gasteiger partial charge is 0.479 e. The second-order valence-corrected chi connectivity index (χ2v) is 6.03. The molecule has 1 fully saturated rings. The Morgan fingerprint density at radius 2 is 2.09 bits per heavy atom. The monoisotopic (exact) mass is 371 g/mol. The third kappa shape index (κ3) is 2.76. The molecule has 0 saturated carbocycles. The Morgan fingerprint density at radius 3 is 2.82 bits per heavy atom. The minimum absolute atomic E-state index is 0.0184. The molecule has 118 valence electrons. The van der Waals surface area contributed by atoms with Gasteiger partial charge in [0, 0.05) is 12.1 Å². The number of carboxylic acids is 1. The van der Waals surface area contributed by atoms with Crippen LogP contribution >= 0.6 is 15.9 Å². The smallest absolute Gasteiger partial charge is 0.334 e. The van der Waals surface area contributed by atoms with Crippen molar-refractivity contribution in [3.8, 4) is 11.5 Å². The van der Waals surface area contributed by atoms with Crippen molar-refractivity contribution in [2.45, 2.75) is 19.1 Å². The molecule has 1 N–H and O–H groups in total. The Bertz CT molecular complexity index is 634. The van der Waals surface area contributed by atoms with Gasteiger partial charge in [0.1, 0.15) is 0 Å². The molecule has 7 nitrogen and oxygen atoms in total. The van der Waals surface area contributed by atoms with Gasteiger partial charge in [-0.1, -0.05) is 0 Å². The van der Waals surface area contributed by atoms with Crippen LogP contribution in [0.15, 0.2) is 16.6 Å². The van der Waals surface area contributed by atoms with Crippen LogP contribution in [0.3, 0.4) is 0 Å².